The summed E-state index contributed by atoms with van der Waals surface area (Å²) in [6.07, 6.45) is 0. The monoisotopic (exact) mass is 337 g/mol. The largest absolute Gasteiger partial charge is 0.322 e. The Hall–Kier alpha value is -2.66. The Bertz CT molecular complexity index is 787. The molecule has 0 saturated carbocycles. The highest BCUT2D eigenvalue weighted by molar-refractivity contribution is 6.14. The van der Waals surface area contributed by atoms with Gasteiger partial charge in [0.1, 0.15) is 5.54 Å². The second kappa shape index (κ2) is 6.69. The van der Waals surface area contributed by atoms with Gasteiger partial charge in [0.15, 0.2) is 0 Å². The summed E-state index contributed by atoms with van der Waals surface area (Å²) in [5, 5.41) is 6.13. The highest BCUT2D eigenvalue weighted by atomic mass is 16.2. The normalized spacial score (nSPS) is 16.8. The van der Waals surface area contributed by atoms with E-state index < -0.39 is 5.54 Å². The summed E-state index contributed by atoms with van der Waals surface area (Å²) in [7, 11) is 0. The van der Waals surface area contributed by atoms with Crippen molar-refractivity contribution in [1.29, 1.82) is 0 Å². The zero-order valence-corrected chi connectivity index (χ0v) is 14.7. The molecule has 0 radical (unpaired) electrons. The lowest BCUT2D eigenvalue weighted by molar-refractivity contribution is -0.126. The van der Waals surface area contributed by atoms with Crippen LogP contribution in [0, 0.1) is 0 Å². The molecular formula is C20H23N3O2. The minimum atomic E-state index is -0.941. The minimum Gasteiger partial charge on any atom is -0.322 e. The first kappa shape index (κ1) is 17.2. The van der Waals surface area contributed by atoms with Crippen LogP contribution in [0.5, 0.6) is 0 Å². The molecule has 0 aromatic heterocycles. The van der Waals surface area contributed by atoms with Crippen LogP contribution in [0.3, 0.4) is 0 Å². The number of fused-ring (bicyclic) bond motifs is 1. The molecule has 5 nitrogen and oxygen atoms in total. The third-order valence-corrected chi connectivity index (χ3v) is 4.62. The van der Waals surface area contributed by atoms with Gasteiger partial charge in [0.2, 0.25) is 11.8 Å². The molecule has 1 unspecified atom stereocenters. The van der Waals surface area contributed by atoms with Crippen molar-refractivity contribution >= 4 is 23.2 Å². The number of hydrogen-bond donors (Lipinski definition) is 2. The van der Waals surface area contributed by atoms with Gasteiger partial charge in [-0.25, -0.2) is 0 Å². The lowest BCUT2D eigenvalue weighted by Gasteiger charge is -2.42. The molecule has 0 fully saturated rings. The number of nitrogens with zero attached hydrogens (tertiary/aromatic N) is 1. The van der Waals surface area contributed by atoms with Gasteiger partial charge in [0.25, 0.3) is 0 Å². The van der Waals surface area contributed by atoms with Crippen molar-refractivity contribution in [1.82, 2.24) is 5.32 Å². The summed E-state index contributed by atoms with van der Waals surface area (Å²) >= 11 is 0. The summed E-state index contributed by atoms with van der Waals surface area (Å²) in [5.74, 6) is -0.314. The van der Waals surface area contributed by atoms with Crippen LogP contribution < -0.4 is 15.5 Å². The highest BCUT2D eigenvalue weighted by Crippen LogP contribution is 2.36. The van der Waals surface area contributed by atoms with Gasteiger partial charge in [0, 0.05) is 6.04 Å². The van der Waals surface area contributed by atoms with Crippen LogP contribution in [-0.2, 0) is 9.59 Å². The zero-order chi connectivity index (χ0) is 18.0. The molecule has 1 aliphatic heterocycles. The van der Waals surface area contributed by atoms with Crippen molar-refractivity contribution in [3.8, 4) is 0 Å². The lowest BCUT2D eigenvalue weighted by Crippen LogP contribution is -2.60. The van der Waals surface area contributed by atoms with Gasteiger partial charge in [-0.2, -0.15) is 0 Å². The number of benzene rings is 2. The Morgan fingerprint density at radius 3 is 2.48 bits per heavy atom. The van der Waals surface area contributed by atoms with E-state index in [4.69, 9.17) is 0 Å². The summed E-state index contributed by atoms with van der Waals surface area (Å²) in [4.78, 5) is 27.0. The number of anilines is 2. The SMILES string of the molecule is CC(NCC(=O)N1c2ccccc2NC(=O)C1(C)C)c1ccccc1. The second-order valence-electron chi connectivity index (χ2n) is 6.77. The first-order valence-electron chi connectivity index (χ1n) is 8.43. The number of carbonyl (C=O) groups is 2. The Kier molecular flexibility index (Phi) is 4.59. The Morgan fingerprint density at radius 2 is 1.76 bits per heavy atom. The van der Waals surface area contributed by atoms with Gasteiger partial charge < -0.3 is 10.6 Å². The fourth-order valence-electron chi connectivity index (χ4n) is 3.08. The average molecular weight is 337 g/mol. The van der Waals surface area contributed by atoms with E-state index in [0.717, 1.165) is 11.3 Å². The smallest absolute Gasteiger partial charge is 0.250 e. The Labute approximate surface area is 148 Å². The van der Waals surface area contributed by atoms with E-state index >= 15 is 0 Å². The van der Waals surface area contributed by atoms with Crippen molar-refractivity contribution in [2.45, 2.75) is 32.4 Å². The number of nitrogens with one attached hydrogen (secondary N) is 2. The Balaban J connectivity index is 1.79. The van der Waals surface area contributed by atoms with Crippen LogP contribution in [0.4, 0.5) is 11.4 Å². The van der Waals surface area contributed by atoms with E-state index in [1.807, 2.05) is 61.5 Å². The third kappa shape index (κ3) is 3.28. The average Bonchev–Trinajstić information content (AvgIpc) is 2.61. The maximum absolute atomic E-state index is 12.9. The summed E-state index contributed by atoms with van der Waals surface area (Å²) in [6, 6.07) is 17.4. The van der Waals surface area contributed by atoms with Gasteiger partial charge >= 0.3 is 0 Å². The number of rotatable bonds is 4. The van der Waals surface area contributed by atoms with Gasteiger partial charge in [-0.15, -0.1) is 0 Å². The van der Waals surface area contributed by atoms with E-state index in [1.165, 1.54) is 0 Å². The quantitative estimate of drug-likeness (QED) is 0.901. The molecular weight excluding hydrogens is 314 g/mol. The molecule has 0 bridgehead atoms. The van der Waals surface area contributed by atoms with Crippen molar-refractivity contribution < 1.29 is 9.59 Å². The van der Waals surface area contributed by atoms with Crippen molar-refractivity contribution in [3.05, 3.63) is 60.2 Å². The fraction of sp³-hybridized carbons (Fsp3) is 0.300. The molecule has 1 atom stereocenters. The van der Waals surface area contributed by atoms with Crippen LogP contribution in [-0.4, -0.2) is 23.9 Å². The van der Waals surface area contributed by atoms with Crippen molar-refractivity contribution in [2.75, 3.05) is 16.8 Å². The van der Waals surface area contributed by atoms with E-state index in [2.05, 4.69) is 10.6 Å². The molecule has 0 spiro atoms. The molecule has 1 heterocycles. The molecule has 0 aliphatic carbocycles. The lowest BCUT2D eigenvalue weighted by atomic mass is 9.96. The van der Waals surface area contributed by atoms with Crippen molar-refractivity contribution in [2.24, 2.45) is 0 Å². The number of amides is 2. The molecule has 130 valence electrons. The van der Waals surface area contributed by atoms with Gasteiger partial charge in [-0.3, -0.25) is 14.5 Å². The molecule has 0 saturated heterocycles. The molecule has 2 aromatic carbocycles. The molecule has 25 heavy (non-hydrogen) atoms. The van der Waals surface area contributed by atoms with Gasteiger partial charge in [0.05, 0.1) is 17.9 Å². The van der Waals surface area contributed by atoms with Gasteiger partial charge in [-0.05, 0) is 38.5 Å². The van der Waals surface area contributed by atoms with E-state index in [0.29, 0.717) is 5.69 Å². The second-order valence-corrected chi connectivity index (χ2v) is 6.77. The predicted molar refractivity (Wildman–Crippen MR) is 99.5 cm³/mol. The fourth-order valence-corrected chi connectivity index (χ4v) is 3.08. The minimum absolute atomic E-state index is 0.0436. The third-order valence-electron chi connectivity index (χ3n) is 4.62. The maximum Gasteiger partial charge on any atom is 0.250 e. The van der Waals surface area contributed by atoms with E-state index in [-0.39, 0.29) is 24.4 Å². The molecule has 2 N–H and O–H groups in total. The van der Waals surface area contributed by atoms with Crippen molar-refractivity contribution in [3.63, 3.8) is 0 Å². The first-order valence-corrected chi connectivity index (χ1v) is 8.43. The van der Waals surface area contributed by atoms with E-state index in [1.54, 1.807) is 18.7 Å². The molecule has 5 heteroatoms. The standard InChI is InChI=1S/C20H23N3O2/c1-14(15-9-5-4-6-10-15)21-13-18(24)23-17-12-8-7-11-16(17)22-19(25)20(23,2)3/h4-12,14,21H,13H2,1-3H3,(H,22,25). The first-order chi connectivity index (χ1) is 11.9. The zero-order valence-electron chi connectivity index (χ0n) is 14.7. The van der Waals surface area contributed by atoms with Crippen LogP contribution >= 0.6 is 0 Å². The van der Waals surface area contributed by atoms with Gasteiger partial charge in [-0.1, -0.05) is 42.5 Å². The number of para-hydroxylation sites is 2. The molecule has 2 aromatic rings. The van der Waals surface area contributed by atoms with Crippen LogP contribution in [0.25, 0.3) is 0 Å². The number of carbonyl (C=O) groups excluding carboxylic acids is 2. The predicted octanol–water partition coefficient (Wildman–Crippen LogP) is 3.10. The highest BCUT2D eigenvalue weighted by Gasteiger charge is 2.43. The van der Waals surface area contributed by atoms with E-state index in [9.17, 15) is 9.59 Å². The molecule has 1 aliphatic rings. The van der Waals surface area contributed by atoms with Crippen LogP contribution in [0.15, 0.2) is 54.6 Å². The van der Waals surface area contributed by atoms with Crippen LogP contribution in [0.1, 0.15) is 32.4 Å². The summed E-state index contributed by atoms with van der Waals surface area (Å²) in [5.41, 5.74) is 1.57. The topological polar surface area (TPSA) is 61.4 Å². The Morgan fingerprint density at radius 1 is 1.12 bits per heavy atom. The van der Waals surface area contributed by atoms with Crippen LogP contribution in [0.2, 0.25) is 0 Å². The molecule has 2 amide bonds. The molecule has 3 rings (SSSR count). The summed E-state index contributed by atoms with van der Waals surface area (Å²) < 4.78 is 0. The maximum atomic E-state index is 12.9. The summed E-state index contributed by atoms with van der Waals surface area (Å²) in [6.45, 7) is 5.69. The number of hydrogen-bond acceptors (Lipinski definition) is 3.